The van der Waals surface area contributed by atoms with Crippen molar-refractivity contribution in [3.63, 3.8) is 0 Å². The minimum Gasteiger partial charge on any atom is -0.392 e. The zero-order valence-corrected chi connectivity index (χ0v) is 23.9. The summed E-state index contributed by atoms with van der Waals surface area (Å²) in [4.78, 5) is 14.6. The highest BCUT2D eigenvalue weighted by atomic mass is 32.2. The van der Waals surface area contributed by atoms with Gasteiger partial charge in [-0.05, 0) is 42.0 Å². The molecule has 0 aliphatic heterocycles. The van der Waals surface area contributed by atoms with Crippen LogP contribution in [0.4, 0.5) is 5.82 Å². The van der Waals surface area contributed by atoms with E-state index in [1.54, 1.807) is 62.2 Å². The molecule has 0 aliphatic rings. The monoisotopic (exact) mass is 543 g/mol. The summed E-state index contributed by atoms with van der Waals surface area (Å²) in [6, 6.07) is 12.0. The van der Waals surface area contributed by atoms with E-state index in [2.05, 4.69) is 5.16 Å². The van der Waals surface area contributed by atoms with Gasteiger partial charge in [-0.2, -0.15) is 0 Å². The summed E-state index contributed by atoms with van der Waals surface area (Å²) in [5.41, 5.74) is 2.90. The summed E-state index contributed by atoms with van der Waals surface area (Å²) >= 11 is 0. The highest BCUT2D eigenvalue weighted by Crippen LogP contribution is 2.35. The van der Waals surface area contributed by atoms with Crippen LogP contribution < -0.4 is 4.31 Å². The number of nitrogens with zero attached hydrogens (tertiary/aromatic N) is 3. The van der Waals surface area contributed by atoms with E-state index in [9.17, 15) is 18.3 Å². The standard InChI is InChI=1S/C28H37N3O6S/c1-19-20(2)37-29-27(19)31(18-36-7)38(34,35)25-11-9-8-10-24(25)23-13-12-21(17-32)14-22(23)16-30(6)26(33)15-28(3,4)5/h8-14,32H,15-18H2,1-7H3. The molecule has 1 N–H and O–H groups in total. The van der Waals surface area contributed by atoms with Crippen molar-refractivity contribution in [1.82, 2.24) is 10.1 Å². The first-order valence-electron chi connectivity index (χ1n) is 12.3. The molecule has 1 amide bonds. The molecule has 0 atom stereocenters. The topological polar surface area (TPSA) is 113 Å². The average Bonchev–Trinajstić information content (AvgIpc) is 3.18. The molecule has 0 saturated heterocycles. The zero-order chi connectivity index (χ0) is 28.3. The summed E-state index contributed by atoms with van der Waals surface area (Å²) in [6.45, 7) is 9.26. The largest absolute Gasteiger partial charge is 0.392 e. The van der Waals surface area contributed by atoms with E-state index in [1.165, 1.54) is 13.2 Å². The maximum absolute atomic E-state index is 14.1. The molecule has 0 aliphatic carbocycles. The number of hydrogen-bond donors (Lipinski definition) is 1. The minimum absolute atomic E-state index is 0.0260. The van der Waals surface area contributed by atoms with Gasteiger partial charge in [-0.25, -0.2) is 12.7 Å². The molecule has 0 unspecified atom stereocenters. The predicted molar refractivity (Wildman–Crippen MR) is 146 cm³/mol. The first-order valence-corrected chi connectivity index (χ1v) is 13.7. The summed E-state index contributed by atoms with van der Waals surface area (Å²) in [6.07, 6.45) is 0.367. The van der Waals surface area contributed by atoms with Gasteiger partial charge in [-0.15, -0.1) is 0 Å². The molecule has 0 fully saturated rings. The quantitative estimate of drug-likeness (QED) is 0.371. The fraction of sp³-hybridized carbons (Fsp3) is 0.429. The predicted octanol–water partition coefficient (Wildman–Crippen LogP) is 4.64. The van der Waals surface area contributed by atoms with E-state index >= 15 is 0 Å². The summed E-state index contributed by atoms with van der Waals surface area (Å²) in [5.74, 6) is 0.638. The second kappa shape index (κ2) is 11.7. The average molecular weight is 544 g/mol. The van der Waals surface area contributed by atoms with Gasteiger partial charge in [0.2, 0.25) is 5.91 Å². The van der Waals surface area contributed by atoms with Crippen LogP contribution in [0.1, 0.15) is 49.6 Å². The van der Waals surface area contributed by atoms with Crippen LogP contribution in [0, 0.1) is 19.3 Å². The Morgan fingerprint density at radius 2 is 1.79 bits per heavy atom. The van der Waals surface area contributed by atoms with Gasteiger partial charge in [0.1, 0.15) is 12.5 Å². The maximum Gasteiger partial charge on any atom is 0.268 e. The summed E-state index contributed by atoms with van der Waals surface area (Å²) < 4.78 is 39.7. The number of amides is 1. The highest BCUT2D eigenvalue weighted by molar-refractivity contribution is 7.93. The number of ether oxygens (including phenoxy) is 1. The Kier molecular flexibility index (Phi) is 9.01. The molecule has 2 aromatic carbocycles. The molecule has 38 heavy (non-hydrogen) atoms. The van der Waals surface area contributed by atoms with Crippen molar-refractivity contribution in [2.75, 3.05) is 25.2 Å². The minimum atomic E-state index is -4.15. The first kappa shape index (κ1) is 29.3. The van der Waals surface area contributed by atoms with Crippen molar-refractivity contribution in [2.45, 2.75) is 59.1 Å². The van der Waals surface area contributed by atoms with Crippen molar-refractivity contribution in [2.24, 2.45) is 5.41 Å². The number of anilines is 1. The van der Waals surface area contributed by atoms with Gasteiger partial charge >= 0.3 is 0 Å². The van der Waals surface area contributed by atoms with Crippen molar-refractivity contribution >= 4 is 21.7 Å². The van der Waals surface area contributed by atoms with Gasteiger partial charge < -0.3 is 19.3 Å². The van der Waals surface area contributed by atoms with E-state index in [0.29, 0.717) is 34.4 Å². The molecule has 1 heterocycles. The molecule has 0 saturated carbocycles. The van der Waals surface area contributed by atoms with Crippen molar-refractivity contribution in [3.05, 3.63) is 64.9 Å². The van der Waals surface area contributed by atoms with Gasteiger partial charge in [-0.3, -0.25) is 4.79 Å². The third-order valence-corrected chi connectivity index (χ3v) is 8.00. The molecule has 0 spiro atoms. The first-order chi connectivity index (χ1) is 17.8. The Morgan fingerprint density at radius 3 is 2.37 bits per heavy atom. The van der Waals surface area contributed by atoms with Crippen LogP contribution in [0.25, 0.3) is 11.1 Å². The fourth-order valence-electron chi connectivity index (χ4n) is 4.10. The van der Waals surface area contributed by atoms with Crippen LogP contribution in [-0.2, 0) is 32.7 Å². The smallest absolute Gasteiger partial charge is 0.268 e. The Balaban J connectivity index is 2.13. The van der Waals surface area contributed by atoms with Crippen LogP contribution in [0.15, 0.2) is 51.9 Å². The summed E-state index contributed by atoms with van der Waals surface area (Å²) in [7, 11) is -1.02. The number of hydrogen-bond acceptors (Lipinski definition) is 7. The van der Waals surface area contributed by atoms with Gasteiger partial charge in [0, 0.05) is 38.2 Å². The molecular formula is C28H37N3O6S. The molecular weight excluding hydrogens is 506 g/mol. The second-order valence-corrected chi connectivity index (χ2v) is 12.4. The van der Waals surface area contributed by atoms with Crippen LogP contribution in [-0.4, -0.2) is 50.4 Å². The molecule has 3 aromatic rings. The number of sulfonamides is 1. The van der Waals surface area contributed by atoms with Crippen molar-refractivity contribution in [1.29, 1.82) is 0 Å². The fourth-order valence-corrected chi connectivity index (χ4v) is 5.69. The van der Waals surface area contributed by atoms with Gasteiger partial charge in [0.15, 0.2) is 5.82 Å². The Bertz CT molecular complexity index is 1390. The normalized spacial score (nSPS) is 12.0. The third-order valence-electron chi connectivity index (χ3n) is 6.23. The maximum atomic E-state index is 14.1. The molecule has 3 rings (SSSR count). The van der Waals surface area contributed by atoms with Crippen LogP contribution in [0.5, 0.6) is 0 Å². The lowest BCUT2D eigenvalue weighted by Crippen LogP contribution is -2.34. The molecule has 0 radical (unpaired) electrons. The molecule has 1 aromatic heterocycles. The van der Waals surface area contributed by atoms with Crippen molar-refractivity contribution in [3.8, 4) is 11.1 Å². The summed E-state index contributed by atoms with van der Waals surface area (Å²) in [5, 5.41) is 13.8. The van der Waals surface area contributed by atoms with Crippen LogP contribution in [0.2, 0.25) is 0 Å². The van der Waals surface area contributed by atoms with Crippen LogP contribution >= 0.6 is 0 Å². The number of rotatable bonds is 10. The Morgan fingerprint density at radius 1 is 1.11 bits per heavy atom. The highest BCUT2D eigenvalue weighted by Gasteiger charge is 2.32. The van der Waals surface area contributed by atoms with E-state index < -0.39 is 10.0 Å². The second-order valence-electron chi connectivity index (χ2n) is 10.6. The number of carbonyl (C=O) groups excluding carboxylic acids is 1. The van der Waals surface area contributed by atoms with Crippen molar-refractivity contribution < 1.29 is 27.6 Å². The number of methoxy groups -OCH3 is 1. The number of benzene rings is 2. The number of aryl methyl sites for hydroxylation is 1. The Labute approximate surface area is 225 Å². The molecule has 206 valence electrons. The van der Waals surface area contributed by atoms with E-state index in [1.807, 2.05) is 20.8 Å². The van der Waals surface area contributed by atoms with Gasteiger partial charge in [-0.1, -0.05) is 62.3 Å². The number of aromatic nitrogens is 1. The van der Waals surface area contributed by atoms with Gasteiger partial charge in [0.25, 0.3) is 10.0 Å². The lowest BCUT2D eigenvalue weighted by atomic mass is 9.91. The number of carbonyl (C=O) groups is 1. The lowest BCUT2D eigenvalue weighted by Gasteiger charge is -2.26. The zero-order valence-electron chi connectivity index (χ0n) is 23.1. The number of aliphatic hydroxyl groups is 1. The van der Waals surface area contributed by atoms with Gasteiger partial charge in [0.05, 0.1) is 11.5 Å². The molecule has 9 nitrogen and oxygen atoms in total. The van der Waals surface area contributed by atoms with E-state index in [4.69, 9.17) is 9.26 Å². The van der Waals surface area contributed by atoms with Crippen LogP contribution in [0.3, 0.4) is 0 Å². The molecule has 0 bridgehead atoms. The SMILES string of the molecule is COCN(c1noc(C)c1C)S(=O)(=O)c1ccccc1-c1ccc(CO)cc1CN(C)C(=O)CC(C)(C)C. The third kappa shape index (κ3) is 6.43. The molecule has 10 heteroatoms. The van der Waals surface area contributed by atoms with E-state index in [0.717, 1.165) is 9.87 Å². The number of aliphatic hydroxyl groups excluding tert-OH is 1. The Hall–Kier alpha value is -3.21. The lowest BCUT2D eigenvalue weighted by molar-refractivity contribution is -0.132. The van der Waals surface area contributed by atoms with E-state index in [-0.39, 0.29) is 41.9 Å².